The molecule has 0 heterocycles. The van der Waals surface area contributed by atoms with E-state index in [1.807, 2.05) is 0 Å². The van der Waals surface area contributed by atoms with E-state index in [0.717, 1.165) is 30.1 Å². The Morgan fingerprint density at radius 1 is 0.514 bits per heavy atom. The SMILES string of the molecule is CCCCOc1cc(Sc2ccc(-c3ccccc3)cc2)ccc1Sc1ccc(-c2ccccc2)cc1. The van der Waals surface area contributed by atoms with Crippen molar-refractivity contribution in [3.63, 3.8) is 0 Å². The number of unbranched alkanes of at least 4 members (excludes halogenated alkanes) is 1. The molecule has 1 nitrogen and oxygen atoms in total. The minimum Gasteiger partial charge on any atom is -0.492 e. The Bertz CT molecular complexity index is 1400. The third-order valence-electron chi connectivity index (χ3n) is 6.06. The van der Waals surface area contributed by atoms with Gasteiger partial charge in [-0.2, -0.15) is 0 Å². The van der Waals surface area contributed by atoms with E-state index >= 15 is 0 Å². The van der Waals surface area contributed by atoms with Gasteiger partial charge in [-0.05, 0) is 71.1 Å². The van der Waals surface area contributed by atoms with E-state index in [9.17, 15) is 0 Å². The van der Waals surface area contributed by atoms with Crippen LogP contribution in [0.25, 0.3) is 22.3 Å². The van der Waals surface area contributed by atoms with Gasteiger partial charge in [0.2, 0.25) is 0 Å². The zero-order valence-electron chi connectivity index (χ0n) is 21.0. The molecule has 0 bridgehead atoms. The van der Waals surface area contributed by atoms with Crippen molar-refractivity contribution < 1.29 is 4.74 Å². The molecule has 0 aliphatic carbocycles. The molecule has 0 aliphatic rings. The first-order valence-electron chi connectivity index (χ1n) is 12.7. The second-order valence-corrected chi connectivity index (χ2v) is 11.1. The molecule has 0 atom stereocenters. The lowest BCUT2D eigenvalue weighted by Crippen LogP contribution is -1.98. The Morgan fingerprint density at radius 2 is 1.00 bits per heavy atom. The molecular weight excluding hydrogens is 489 g/mol. The Labute approximate surface area is 228 Å². The lowest BCUT2D eigenvalue weighted by atomic mass is 10.1. The van der Waals surface area contributed by atoms with Gasteiger partial charge in [0.15, 0.2) is 0 Å². The van der Waals surface area contributed by atoms with E-state index in [4.69, 9.17) is 4.74 Å². The maximum Gasteiger partial charge on any atom is 0.134 e. The number of hydrogen-bond acceptors (Lipinski definition) is 3. The molecule has 0 unspecified atom stereocenters. The first kappa shape index (κ1) is 25.3. The van der Waals surface area contributed by atoms with Crippen molar-refractivity contribution in [3.8, 4) is 28.0 Å². The minimum absolute atomic E-state index is 0.733. The van der Waals surface area contributed by atoms with Crippen LogP contribution < -0.4 is 4.74 Å². The summed E-state index contributed by atoms with van der Waals surface area (Å²) in [5, 5.41) is 0. The van der Waals surface area contributed by atoms with E-state index in [-0.39, 0.29) is 0 Å². The van der Waals surface area contributed by atoms with E-state index in [2.05, 4.69) is 134 Å². The fourth-order valence-corrected chi connectivity index (χ4v) is 5.76. The highest BCUT2D eigenvalue weighted by atomic mass is 32.2. The van der Waals surface area contributed by atoms with Crippen molar-refractivity contribution in [1.82, 2.24) is 0 Å². The van der Waals surface area contributed by atoms with Crippen LogP contribution in [0.2, 0.25) is 0 Å². The number of rotatable bonds is 10. The van der Waals surface area contributed by atoms with Crippen LogP contribution in [0.1, 0.15) is 19.8 Å². The summed E-state index contributed by atoms with van der Waals surface area (Å²) in [6.45, 7) is 2.93. The number of hydrogen-bond donors (Lipinski definition) is 0. The lowest BCUT2D eigenvalue weighted by molar-refractivity contribution is 0.302. The van der Waals surface area contributed by atoms with E-state index < -0.39 is 0 Å². The molecule has 0 aliphatic heterocycles. The molecule has 37 heavy (non-hydrogen) atoms. The smallest absolute Gasteiger partial charge is 0.134 e. The molecule has 0 spiro atoms. The van der Waals surface area contributed by atoms with E-state index in [1.54, 1.807) is 23.5 Å². The molecule has 0 amide bonds. The Morgan fingerprint density at radius 3 is 1.54 bits per heavy atom. The van der Waals surface area contributed by atoms with Gasteiger partial charge in [0, 0.05) is 14.7 Å². The van der Waals surface area contributed by atoms with E-state index in [1.165, 1.54) is 36.9 Å². The van der Waals surface area contributed by atoms with Crippen LogP contribution in [-0.2, 0) is 0 Å². The van der Waals surface area contributed by atoms with Crippen LogP contribution in [0, 0.1) is 0 Å². The summed E-state index contributed by atoms with van der Waals surface area (Å²) >= 11 is 3.53. The molecule has 3 heteroatoms. The summed E-state index contributed by atoms with van der Waals surface area (Å²) in [6.07, 6.45) is 2.17. The van der Waals surface area contributed by atoms with Crippen LogP contribution >= 0.6 is 23.5 Å². The number of ether oxygens (including phenoxy) is 1. The third kappa shape index (κ3) is 6.88. The molecule has 5 rings (SSSR count). The topological polar surface area (TPSA) is 9.23 Å². The molecule has 184 valence electrons. The van der Waals surface area contributed by atoms with Gasteiger partial charge >= 0.3 is 0 Å². The molecule has 0 saturated heterocycles. The molecule has 5 aromatic carbocycles. The van der Waals surface area contributed by atoms with E-state index in [0.29, 0.717) is 0 Å². The molecule has 0 aromatic heterocycles. The van der Waals surface area contributed by atoms with Crippen molar-refractivity contribution in [2.75, 3.05) is 6.61 Å². The average molecular weight is 519 g/mol. The summed E-state index contributed by atoms with van der Waals surface area (Å²) < 4.78 is 6.26. The summed E-state index contributed by atoms with van der Waals surface area (Å²) in [5.41, 5.74) is 4.94. The van der Waals surface area contributed by atoms with Gasteiger partial charge in [-0.3, -0.25) is 0 Å². The van der Waals surface area contributed by atoms with Crippen molar-refractivity contribution in [1.29, 1.82) is 0 Å². The molecule has 0 N–H and O–H groups in total. The fraction of sp³-hybridized carbons (Fsp3) is 0.118. The van der Waals surface area contributed by atoms with Crippen molar-refractivity contribution in [2.45, 2.75) is 39.3 Å². The summed E-state index contributed by atoms with van der Waals surface area (Å²) in [4.78, 5) is 4.75. The van der Waals surface area contributed by atoms with Crippen LogP contribution in [0.5, 0.6) is 5.75 Å². The van der Waals surface area contributed by atoms with Gasteiger partial charge in [-0.25, -0.2) is 0 Å². The predicted octanol–water partition coefficient (Wildman–Crippen LogP) is 10.5. The monoisotopic (exact) mass is 518 g/mol. The summed E-state index contributed by atoms with van der Waals surface area (Å²) in [5.74, 6) is 0.955. The molecule has 0 fully saturated rings. The highest BCUT2D eigenvalue weighted by Crippen LogP contribution is 2.40. The van der Waals surface area contributed by atoms with Crippen molar-refractivity contribution in [2.24, 2.45) is 0 Å². The summed E-state index contributed by atoms with van der Waals surface area (Å²) in [6, 6.07) is 45.1. The normalized spacial score (nSPS) is 10.8. The minimum atomic E-state index is 0.733. The quantitative estimate of drug-likeness (QED) is 0.170. The van der Waals surface area contributed by atoms with Gasteiger partial charge in [0.25, 0.3) is 0 Å². The maximum atomic E-state index is 6.26. The predicted molar refractivity (Wildman–Crippen MR) is 159 cm³/mol. The van der Waals surface area contributed by atoms with Crippen molar-refractivity contribution >= 4 is 23.5 Å². The molecule has 5 aromatic rings. The van der Waals surface area contributed by atoms with Crippen LogP contribution in [-0.4, -0.2) is 6.61 Å². The average Bonchev–Trinajstić information content (AvgIpc) is 2.96. The van der Waals surface area contributed by atoms with Crippen LogP contribution in [0.4, 0.5) is 0 Å². The summed E-state index contributed by atoms with van der Waals surface area (Å²) in [7, 11) is 0. The van der Waals surface area contributed by atoms with Gasteiger partial charge in [-0.1, -0.05) is 122 Å². The second-order valence-electron chi connectivity index (χ2n) is 8.80. The highest BCUT2D eigenvalue weighted by molar-refractivity contribution is 7.99. The largest absolute Gasteiger partial charge is 0.492 e. The molecule has 0 radical (unpaired) electrons. The fourth-order valence-electron chi connectivity index (χ4n) is 4.03. The maximum absolute atomic E-state index is 6.26. The molecular formula is C34H30OS2. The zero-order valence-corrected chi connectivity index (χ0v) is 22.6. The first-order valence-corrected chi connectivity index (χ1v) is 14.4. The lowest BCUT2D eigenvalue weighted by Gasteiger charge is -2.13. The number of benzene rings is 5. The van der Waals surface area contributed by atoms with Gasteiger partial charge < -0.3 is 4.74 Å². The Balaban J connectivity index is 1.32. The molecule has 0 saturated carbocycles. The Kier molecular flexibility index (Phi) is 8.68. The van der Waals surface area contributed by atoms with Gasteiger partial charge in [0.1, 0.15) is 5.75 Å². The van der Waals surface area contributed by atoms with Gasteiger partial charge in [0.05, 0.1) is 11.5 Å². The van der Waals surface area contributed by atoms with Crippen molar-refractivity contribution in [3.05, 3.63) is 127 Å². The zero-order chi connectivity index (χ0) is 25.3. The third-order valence-corrected chi connectivity index (χ3v) is 8.12. The second kappa shape index (κ2) is 12.7. The van der Waals surface area contributed by atoms with Gasteiger partial charge in [-0.15, -0.1) is 0 Å². The van der Waals surface area contributed by atoms with Crippen LogP contribution in [0.15, 0.2) is 147 Å². The highest BCUT2D eigenvalue weighted by Gasteiger charge is 2.10. The standard InChI is InChI=1S/C34H30OS2/c1-2-3-24-35-33-25-32(36-30-18-14-28(15-19-30)26-10-6-4-7-11-26)22-23-34(33)37-31-20-16-29(17-21-31)27-12-8-5-9-13-27/h4-23,25H,2-3,24H2,1H3. The first-order chi connectivity index (χ1) is 18.3. The van der Waals surface area contributed by atoms with Crippen LogP contribution in [0.3, 0.4) is 0 Å². The Hall–Kier alpha value is -3.40.